The van der Waals surface area contributed by atoms with E-state index < -0.39 is 0 Å². The van der Waals surface area contributed by atoms with E-state index in [0.717, 1.165) is 16.5 Å². The summed E-state index contributed by atoms with van der Waals surface area (Å²) in [5, 5.41) is 1.04. The molecule has 0 spiro atoms. The third-order valence-electron chi connectivity index (χ3n) is 4.33. The number of hydrogen-bond donors (Lipinski definition) is 2. The van der Waals surface area contributed by atoms with E-state index in [-0.39, 0.29) is 12.3 Å². The van der Waals surface area contributed by atoms with Crippen molar-refractivity contribution in [3.63, 3.8) is 0 Å². The number of nitrogens with one attached hydrogen (secondary N) is 2. The molecule has 1 aromatic heterocycles. The molecule has 0 saturated heterocycles. The molecule has 0 fully saturated rings. The van der Waals surface area contributed by atoms with Crippen LogP contribution in [0.2, 0.25) is 0 Å². The number of hydroxylamine groups is 1. The molecule has 0 bridgehead atoms. The van der Waals surface area contributed by atoms with Crippen molar-refractivity contribution in [3.05, 3.63) is 48.2 Å². The van der Waals surface area contributed by atoms with Crippen LogP contribution >= 0.6 is 0 Å². The number of rotatable bonds is 8. The monoisotopic (exact) mass is 445 g/mol. The van der Waals surface area contributed by atoms with E-state index in [9.17, 15) is 4.79 Å². The zero-order chi connectivity index (χ0) is 24.1. The Morgan fingerprint density at radius 3 is 2.09 bits per heavy atom. The molecule has 0 aliphatic rings. The second-order valence-electron chi connectivity index (χ2n) is 6.10. The number of carbonyl (C=O) groups excluding carboxylic acids is 1. The highest BCUT2D eigenvalue weighted by Crippen LogP contribution is 2.39. The lowest BCUT2D eigenvalue weighted by molar-refractivity contribution is -0.130. The minimum Gasteiger partial charge on any atom is -0.493 e. The molecule has 0 saturated carbocycles. The van der Waals surface area contributed by atoms with Crippen LogP contribution in [0.25, 0.3) is 10.9 Å². The first kappa shape index (κ1) is 26.6. The number of methoxy groups -OCH3 is 3. The van der Waals surface area contributed by atoms with Crippen LogP contribution in [0.3, 0.4) is 0 Å². The van der Waals surface area contributed by atoms with Crippen LogP contribution < -0.4 is 25.2 Å². The van der Waals surface area contributed by atoms with E-state index in [1.54, 1.807) is 12.1 Å². The van der Waals surface area contributed by atoms with E-state index in [1.165, 1.54) is 21.3 Å². The Balaban J connectivity index is 0.00000121. The number of aryl methyl sites for hydroxylation is 1. The molecule has 3 aromatic rings. The molecule has 0 aliphatic carbocycles. The average molecular weight is 446 g/mol. The van der Waals surface area contributed by atoms with Gasteiger partial charge >= 0.3 is 0 Å². The van der Waals surface area contributed by atoms with Crippen LogP contribution in [0.15, 0.2) is 42.6 Å². The SMILES string of the molecule is CC.CC.COc1cc(NONC(=O)Cc2cn(C)c3ccccc23)cc(OC)c1OC. The van der Waals surface area contributed by atoms with Crippen LogP contribution in [-0.4, -0.2) is 31.8 Å². The summed E-state index contributed by atoms with van der Waals surface area (Å²) in [5.74, 6) is 1.12. The summed E-state index contributed by atoms with van der Waals surface area (Å²) in [5.41, 5.74) is 7.56. The van der Waals surface area contributed by atoms with Crippen LogP contribution in [0.1, 0.15) is 33.3 Å². The number of para-hydroxylation sites is 1. The van der Waals surface area contributed by atoms with Crippen molar-refractivity contribution in [2.75, 3.05) is 26.8 Å². The van der Waals surface area contributed by atoms with Crippen LogP contribution in [0.4, 0.5) is 5.69 Å². The summed E-state index contributed by atoms with van der Waals surface area (Å²) in [4.78, 5) is 17.4. The third kappa shape index (κ3) is 6.55. The van der Waals surface area contributed by atoms with Gasteiger partial charge in [0.05, 0.1) is 33.4 Å². The predicted molar refractivity (Wildman–Crippen MR) is 128 cm³/mol. The van der Waals surface area contributed by atoms with Crippen molar-refractivity contribution in [1.29, 1.82) is 0 Å². The van der Waals surface area contributed by atoms with Crippen LogP contribution in [0, 0.1) is 0 Å². The van der Waals surface area contributed by atoms with Gasteiger partial charge in [-0.15, -0.1) is 0 Å². The molecule has 0 radical (unpaired) electrons. The summed E-state index contributed by atoms with van der Waals surface area (Å²) in [7, 11) is 6.52. The molecule has 2 aromatic carbocycles. The van der Waals surface area contributed by atoms with Gasteiger partial charge in [0.1, 0.15) is 0 Å². The fourth-order valence-corrected chi connectivity index (χ4v) is 3.06. The average Bonchev–Trinajstić information content (AvgIpc) is 3.16. The number of fused-ring (bicyclic) bond motifs is 1. The molecule has 0 unspecified atom stereocenters. The number of aromatic nitrogens is 1. The van der Waals surface area contributed by atoms with Gasteiger partial charge in [-0.2, -0.15) is 4.94 Å². The second kappa shape index (κ2) is 13.8. The minimum absolute atomic E-state index is 0.193. The maximum Gasteiger partial charge on any atom is 0.249 e. The van der Waals surface area contributed by atoms with Gasteiger partial charge < -0.3 is 18.8 Å². The van der Waals surface area contributed by atoms with Gasteiger partial charge in [-0.1, -0.05) is 45.9 Å². The Morgan fingerprint density at radius 1 is 0.938 bits per heavy atom. The summed E-state index contributed by atoms with van der Waals surface area (Å²) in [6, 6.07) is 11.3. The number of carbonyl (C=O) groups is 1. The van der Waals surface area contributed by atoms with Crippen molar-refractivity contribution in [1.82, 2.24) is 10.0 Å². The van der Waals surface area contributed by atoms with Crippen molar-refractivity contribution in [3.8, 4) is 17.2 Å². The second-order valence-corrected chi connectivity index (χ2v) is 6.10. The Bertz CT molecular complexity index is 960. The van der Waals surface area contributed by atoms with Crippen molar-refractivity contribution < 1.29 is 23.9 Å². The lowest BCUT2D eigenvalue weighted by Gasteiger charge is -2.14. The van der Waals surface area contributed by atoms with Crippen LogP contribution in [0.5, 0.6) is 17.2 Å². The standard InChI is InChI=1S/C20H23N3O5.2C2H6/c1-23-12-13(15-7-5-6-8-16(15)23)9-19(24)22-28-21-14-10-17(25-2)20(27-4)18(11-14)26-3;2*1-2/h5-8,10-12,21H,9H2,1-4H3,(H,22,24);2*1-2H3. The van der Waals surface area contributed by atoms with E-state index in [1.807, 2.05) is 69.8 Å². The quantitative estimate of drug-likeness (QED) is 0.481. The first-order valence-electron chi connectivity index (χ1n) is 10.6. The van der Waals surface area contributed by atoms with E-state index in [0.29, 0.717) is 22.9 Å². The number of nitrogens with zero attached hydrogens (tertiary/aromatic N) is 1. The lowest BCUT2D eigenvalue weighted by Crippen LogP contribution is -2.27. The zero-order valence-electron chi connectivity index (χ0n) is 20.2. The highest BCUT2D eigenvalue weighted by Gasteiger charge is 2.14. The molecule has 3 rings (SSSR count). The molecule has 2 N–H and O–H groups in total. The van der Waals surface area contributed by atoms with Gasteiger partial charge in [-0.05, 0) is 11.6 Å². The van der Waals surface area contributed by atoms with Crippen molar-refractivity contribution >= 4 is 22.5 Å². The van der Waals surface area contributed by atoms with Gasteiger partial charge in [0, 0.05) is 36.3 Å². The Kier molecular flexibility index (Phi) is 11.5. The fraction of sp³-hybridized carbons (Fsp3) is 0.375. The van der Waals surface area contributed by atoms with E-state index in [4.69, 9.17) is 19.1 Å². The molecule has 0 atom stereocenters. The fourth-order valence-electron chi connectivity index (χ4n) is 3.06. The minimum atomic E-state index is -0.281. The molecule has 176 valence electrons. The zero-order valence-corrected chi connectivity index (χ0v) is 20.2. The Morgan fingerprint density at radius 2 is 1.53 bits per heavy atom. The molecular formula is C24H35N3O5. The van der Waals surface area contributed by atoms with Gasteiger partial charge in [0.15, 0.2) is 11.5 Å². The largest absolute Gasteiger partial charge is 0.493 e. The molecule has 8 nitrogen and oxygen atoms in total. The van der Waals surface area contributed by atoms with Crippen LogP contribution in [-0.2, 0) is 23.2 Å². The third-order valence-corrected chi connectivity index (χ3v) is 4.33. The number of amides is 1. The number of hydrogen-bond acceptors (Lipinski definition) is 6. The maximum absolute atomic E-state index is 12.2. The lowest BCUT2D eigenvalue weighted by atomic mass is 10.1. The molecule has 1 heterocycles. The summed E-state index contributed by atoms with van der Waals surface area (Å²) < 4.78 is 17.8. The first-order valence-corrected chi connectivity index (χ1v) is 10.6. The number of ether oxygens (including phenoxy) is 3. The van der Waals surface area contributed by atoms with Crippen molar-refractivity contribution in [2.45, 2.75) is 34.1 Å². The smallest absolute Gasteiger partial charge is 0.249 e. The molecule has 32 heavy (non-hydrogen) atoms. The van der Waals surface area contributed by atoms with Gasteiger partial charge in [0.25, 0.3) is 0 Å². The van der Waals surface area contributed by atoms with E-state index >= 15 is 0 Å². The summed E-state index contributed by atoms with van der Waals surface area (Å²) in [6.07, 6.45) is 2.13. The molecule has 8 heteroatoms. The van der Waals surface area contributed by atoms with Gasteiger partial charge in [-0.25, -0.2) is 11.0 Å². The Labute approximate surface area is 190 Å². The predicted octanol–water partition coefficient (Wildman–Crippen LogP) is 4.87. The van der Waals surface area contributed by atoms with Gasteiger partial charge in [-0.3, -0.25) is 4.79 Å². The topological polar surface area (TPSA) is 83.0 Å². The number of benzene rings is 2. The van der Waals surface area contributed by atoms with Crippen molar-refractivity contribution in [2.24, 2.45) is 7.05 Å². The Hall–Kier alpha value is -3.39. The highest BCUT2D eigenvalue weighted by atomic mass is 16.8. The summed E-state index contributed by atoms with van der Waals surface area (Å²) >= 11 is 0. The molecular weight excluding hydrogens is 410 g/mol. The maximum atomic E-state index is 12.2. The molecule has 0 aliphatic heterocycles. The number of anilines is 1. The summed E-state index contributed by atoms with van der Waals surface area (Å²) in [6.45, 7) is 8.00. The van der Waals surface area contributed by atoms with Gasteiger partial charge in [0.2, 0.25) is 11.7 Å². The first-order chi connectivity index (χ1) is 15.6. The normalized spacial score (nSPS) is 9.62. The molecule has 1 amide bonds. The van der Waals surface area contributed by atoms with E-state index in [2.05, 4.69) is 11.0 Å². The highest BCUT2D eigenvalue weighted by molar-refractivity contribution is 5.89.